The molecule has 0 radical (unpaired) electrons. The van der Waals surface area contributed by atoms with Gasteiger partial charge in [0.25, 0.3) is 0 Å². The van der Waals surface area contributed by atoms with E-state index in [0.717, 1.165) is 54.1 Å². The van der Waals surface area contributed by atoms with Crippen LogP contribution in [0.1, 0.15) is 5.56 Å². The van der Waals surface area contributed by atoms with Gasteiger partial charge in [-0.3, -0.25) is 0 Å². The number of thiophene rings is 1. The highest BCUT2D eigenvalue weighted by atomic mass is 32.1. The Kier molecular flexibility index (Phi) is 6.38. The lowest BCUT2D eigenvalue weighted by molar-refractivity contribution is 1.17. The fourth-order valence-corrected chi connectivity index (χ4v) is 8.52. The molecule has 10 rings (SSSR count). The van der Waals surface area contributed by atoms with Crippen molar-refractivity contribution in [2.75, 3.05) is 0 Å². The highest BCUT2D eigenvalue weighted by Gasteiger charge is 2.23. The lowest BCUT2D eigenvalue weighted by Crippen LogP contribution is -2.01. The molecular formula is C45H26N4S. The smallest absolute Gasteiger partial charge is 0.160 e. The lowest BCUT2D eigenvalue weighted by atomic mass is 9.96. The van der Waals surface area contributed by atoms with Crippen molar-refractivity contribution in [1.82, 2.24) is 14.5 Å². The maximum Gasteiger partial charge on any atom is 0.160 e. The van der Waals surface area contributed by atoms with E-state index in [9.17, 15) is 5.26 Å². The van der Waals surface area contributed by atoms with Gasteiger partial charge in [-0.05, 0) is 53.2 Å². The number of rotatable bonds is 4. The van der Waals surface area contributed by atoms with Crippen LogP contribution in [0.15, 0.2) is 158 Å². The minimum absolute atomic E-state index is 0.464. The van der Waals surface area contributed by atoms with Gasteiger partial charge in [-0.2, -0.15) is 5.26 Å². The topological polar surface area (TPSA) is 54.5 Å². The molecule has 0 aliphatic heterocycles. The van der Waals surface area contributed by atoms with Crippen LogP contribution in [0.5, 0.6) is 0 Å². The Morgan fingerprint density at radius 1 is 0.520 bits per heavy atom. The first-order valence-corrected chi connectivity index (χ1v) is 17.4. The number of para-hydroxylation sites is 2. The molecule has 0 saturated heterocycles. The Balaban J connectivity index is 1.29. The molecule has 4 nitrogen and oxygen atoms in total. The van der Waals surface area contributed by atoms with E-state index in [4.69, 9.17) is 9.97 Å². The summed E-state index contributed by atoms with van der Waals surface area (Å²) in [7, 11) is 0. The number of hydrogen-bond donors (Lipinski definition) is 0. The highest BCUT2D eigenvalue weighted by molar-refractivity contribution is 7.26. The average molecular weight is 655 g/mol. The van der Waals surface area contributed by atoms with Crippen molar-refractivity contribution in [1.29, 1.82) is 5.26 Å². The van der Waals surface area contributed by atoms with Crippen molar-refractivity contribution in [2.45, 2.75) is 0 Å². The first-order valence-electron chi connectivity index (χ1n) is 16.6. The minimum Gasteiger partial charge on any atom is -0.309 e. The van der Waals surface area contributed by atoms with E-state index in [1.807, 2.05) is 42.5 Å². The third-order valence-electron chi connectivity index (χ3n) is 9.63. The van der Waals surface area contributed by atoms with E-state index in [0.29, 0.717) is 22.8 Å². The molecule has 0 saturated carbocycles. The fourth-order valence-electron chi connectivity index (χ4n) is 7.36. The first kappa shape index (κ1) is 28.4. The van der Waals surface area contributed by atoms with Gasteiger partial charge in [0.15, 0.2) is 5.82 Å². The Labute approximate surface area is 291 Å². The highest BCUT2D eigenvalue weighted by Crippen LogP contribution is 2.45. The SMILES string of the molecule is N#Cc1c(-c2ccc3ccccc3c2)nc(-c2ccccc2)nc1-c1cccc2sc3cc4c5ccccc5n(-c5ccccc5)c4cc3c12. The summed E-state index contributed by atoms with van der Waals surface area (Å²) in [6.07, 6.45) is 0. The van der Waals surface area contributed by atoms with Crippen molar-refractivity contribution in [3.63, 3.8) is 0 Å². The Bertz CT molecular complexity index is 2990. The van der Waals surface area contributed by atoms with Gasteiger partial charge >= 0.3 is 0 Å². The number of hydrogen-bond acceptors (Lipinski definition) is 4. The summed E-state index contributed by atoms with van der Waals surface area (Å²) >= 11 is 1.78. The Morgan fingerprint density at radius 3 is 2.10 bits per heavy atom. The van der Waals surface area contributed by atoms with E-state index in [-0.39, 0.29) is 0 Å². The zero-order chi connectivity index (χ0) is 33.2. The quantitative estimate of drug-likeness (QED) is 0.190. The largest absolute Gasteiger partial charge is 0.309 e. The fraction of sp³-hybridized carbons (Fsp3) is 0. The van der Waals surface area contributed by atoms with E-state index in [1.165, 1.54) is 21.0 Å². The maximum absolute atomic E-state index is 10.9. The zero-order valence-electron chi connectivity index (χ0n) is 26.7. The molecule has 3 heterocycles. The molecule has 5 heteroatoms. The molecule has 10 aromatic rings. The number of aromatic nitrogens is 3. The molecule has 50 heavy (non-hydrogen) atoms. The Morgan fingerprint density at radius 2 is 1.26 bits per heavy atom. The van der Waals surface area contributed by atoms with Crippen molar-refractivity contribution in [2.24, 2.45) is 0 Å². The van der Waals surface area contributed by atoms with Crippen LogP contribution >= 0.6 is 11.3 Å². The molecule has 232 valence electrons. The molecule has 0 aliphatic rings. The van der Waals surface area contributed by atoms with Crippen molar-refractivity contribution < 1.29 is 0 Å². The lowest BCUT2D eigenvalue weighted by Gasteiger charge is -2.14. The normalized spacial score (nSPS) is 11.6. The Hall–Kier alpha value is -6.61. The number of benzene rings is 7. The second kappa shape index (κ2) is 11.2. The van der Waals surface area contributed by atoms with Crippen LogP contribution in [0.4, 0.5) is 0 Å². The summed E-state index contributed by atoms with van der Waals surface area (Å²) in [6, 6.07) is 57.3. The van der Waals surface area contributed by atoms with Gasteiger partial charge in [-0.15, -0.1) is 11.3 Å². The van der Waals surface area contributed by atoms with E-state index in [1.54, 1.807) is 11.3 Å². The first-order chi connectivity index (χ1) is 24.7. The molecule has 0 N–H and O–H groups in total. The van der Waals surface area contributed by atoms with Gasteiger partial charge in [0.05, 0.1) is 22.4 Å². The van der Waals surface area contributed by atoms with Gasteiger partial charge < -0.3 is 4.57 Å². The van der Waals surface area contributed by atoms with Crippen LogP contribution < -0.4 is 0 Å². The van der Waals surface area contributed by atoms with Gasteiger partial charge in [-0.1, -0.05) is 115 Å². The monoisotopic (exact) mass is 654 g/mol. The van der Waals surface area contributed by atoms with Crippen LogP contribution in [-0.2, 0) is 0 Å². The van der Waals surface area contributed by atoms with Gasteiger partial charge in [0, 0.05) is 53.3 Å². The van der Waals surface area contributed by atoms with E-state index < -0.39 is 0 Å². The predicted molar refractivity (Wildman–Crippen MR) is 208 cm³/mol. The average Bonchev–Trinajstić information content (AvgIpc) is 3.71. The summed E-state index contributed by atoms with van der Waals surface area (Å²) in [4.78, 5) is 10.3. The molecule has 0 amide bonds. The summed E-state index contributed by atoms with van der Waals surface area (Å²) in [5.41, 5.74) is 7.88. The third-order valence-corrected chi connectivity index (χ3v) is 10.8. The number of fused-ring (bicyclic) bond motifs is 7. The summed E-state index contributed by atoms with van der Waals surface area (Å²) in [6.45, 7) is 0. The molecule has 0 fully saturated rings. The van der Waals surface area contributed by atoms with E-state index in [2.05, 4.69) is 126 Å². The van der Waals surface area contributed by atoms with Crippen LogP contribution in [0.25, 0.3) is 92.3 Å². The zero-order valence-corrected chi connectivity index (χ0v) is 27.5. The minimum atomic E-state index is 0.464. The third kappa shape index (κ3) is 4.36. The van der Waals surface area contributed by atoms with Crippen LogP contribution in [-0.4, -0.2) is 14.5 Å². The van der Waals surface area contributed by atoms with Crippen molar-refractivity contribution in [3.05, 3.63) is 163 Å². The summed E-state index contributed by atoms with van der Waals surface area (Å²) in [5.74, 6) is 0.589. The molecular weight excluding hydrogens is 629 g/mol. The standard InChI is InChI=1S/C45H26N4S/c46-27-37-43(31-23-22-28-12-7-8-15-30(28)24-31)47-45(29-13-3-1-4-14-29)48-44(37)34-19-11-21-40-42(34)36-25-39-35(26-41(36)50-40)33-18-9-10-20-38(33)49(39)32-16-5-2-6-17-32/h1-26H. The molecule has 7 aromatic carbocycles. The van der Waals surface area contributed by atoms with Crippen LogP contribution in [0.2, 0.25) is 0 Å². The molecule has 3 aromatic heterocycles. The molecule has 0 bridgehead atoms. The summed E-state index contributed by atoms with van der Waals surface area (Å²) in [5, 5.41) is 17.8. The molecule has 0 unspecified atom stereocenters. The second-order valence-corrected chi connectivity index (χ2v) is 13.6. The maximum atomic E-state index is 10.9. The van der Waals surface area contributed by atoms with Crippen molar-refractivity contribution >= 4 is 64.1 Å². The molecule has 0 aliphatic carbocycles. The predicted octanol–water partition coefficient (Wildman–Crippen LogP) is 12.0. The van der Waals surface area contributed by atoms with Crippen LogP contribution in [0, 0.1) is 11.3 Å². The van der Waals surface area contributed by atoms with Crippen LogP contribution in [0.3, 0.4) is 0 Å². The molecule has 0 spiro atoms. The second-order valence-electron chi connectivity index (χ2n) is 12.5. The van der Waals surface area contributed by atoms with Gasteiger partial charge in [0.1, 0.15) is 11.6 Å². The van der Waals surface area contributed by atoms with Gasteiger partial charge in [0.2, 0.25) is 0 Å². The van der Waals surface area contributed by atoms with Gasteiger partial charge in [-0.25, -0.2) is 9.97 Å². The molecule has 0 atom stereocenters. The van der Waals surface area contributed by atoms with Crippen molar-refractivity contribution in [3.8, 4) is 45.7 Å². The number of nitriles is 1. The summed E-state index contributed by atoms with van der Waals surface area (Å²) < 4.78 is 4.70. The van der Waals surface area contributed by atoms with E-state index >= 15 is 0 Å². The number of nitrogens with zero attached hydrogens (tertiary/aromatic N) is 4.